The average Bonchev–Trinajstić information content (AvgIpc) is 2.48. The molecule has 0 saturated carbocycles. The lowest BCUT2D eigenvalue weighted by Crippen LogP contribution is -2.18. The van der Waals surface area contributed by atoms with Gasteiger partial charge in [0.25, 0.3) is 0 Å². The molecule has 0 aromatic heterocycles. The molecule has 0 radical (unpaired) electrons. The maximum atomic E-state index is 5.43. The van der Waals surface area contributed by atoms with Gasteiger partial charge in [-0.25, -0.2) is 0 Å². The van der Waals surface area contributed by atoms with Gasteiger partial charge in [0.2, 0.25) is 0 Å². The molecule has 2 aromatic rings. The molecular formula is C17H21NOS. The van der Waals surface area contributed by atoms with Crippen molar-refractivity contribution < 1.29 is 4.74 Å². The molecule has 0 saturated heterocycles. The van der Waals surface area contributed by atoms with Gasteiger partial charge in [0.1, 0.15) is 5.75 Å². The Balaban J connectivity index is 2.29. The molecule has 2 rings (SSSR count). The first-order chi connectivity index (χ1) is 9.76. The van der Waals surface area contributed by atoms with Gasteiger partial charge in [-0.1, -0.05) is 49.0 Å². The topological polar surface area (TPSA) is 21.3 Å². The molecule has 2 aromatic carbocycles. The third kappa shape index (κ3) is 3.56. The van der Waals surface area contributed by atoms with Crippen molar-refractivity contribution in [1.82, 2.24) is 5.32 Å². The fourth-order valence-electron chi connectivity index (χ4n) is 2.17. The fraction of sp³-hybridized carbons (Fsp3) is 0.294. The van der Waals surface area contributed by atoms with E-state index in [4.69, 9.17) is 4.74 Å². The summed E-state index contributed by atoms with van der Waals surface area (Å²) in [6, 6.07) is 17.0. The van der Waals surface area contributed by atoms with Crippen LogP contribution in [-0.2, 0) is 0 Å². The molecule has 106 valence electrons. The Labute approximate surface area is 125 Å². The highest BCUT2D eigenvalue weighted by Gasteiger charge is 2.11. The van der Waals surface area contributed by atoms with Crippen molar-refractivity contribution in [1.29, 1.82) is 0 Å². The Kier molecular flexibility index (Phi) is 5.50. The lowest BCUT2D eigenvalue weighted by atomic mass is 10.1. The van der Waals surface area contributed by atoms with E-state index in [1.807, 2.05) is 18.2 Å². The van der Waals surface area contributed by atoms with Gasteiger partial charge in [-0.3, -0.25) is 0 Å². The highest BCUT2D eigenvalue weighted by molar-refractivity contribution is 7.99. The molecule has 2 nitrogen and oxygen atoms in total. The number of benzene rings is 2. The van der Waals surface area contributed by atoms with Gasteiger partial charge in [-0.2, -0.15) is 0 Å². The Hall–Kier alpha value is -1.45. The summed E-state index contributed by atoms with van der Waals surface area (Å²) in [7, 11) is 1.71. The zero-order valence-corrected chi connectivity index (χ0v) is 13.0. The standard InChI is InChI=1S/C17H21NOS/c1-4-18-13(2)14-9-5-7-11-16(14)20-17-12-8-6-10-15(17)19-3/h5-13,18H,4H2,1-3H3. The molecule has 0 aliphatic heterocycles. The van der Waals surface area contributed by atoms with E-state index in [0.717, 1.165) is 17.2 Å². The van der Waals surface area contributed by atoms with Gasteiger partial charge in [0.15, 0.2) is 0 Å². The highest BCUT2D eigenvalue weighted by atomic mass is 32.2. The van der Waals surface area contributed by atoms with Crippen LogP contribution in [0.2, 0.25) is 0 Å². The van der Waals surface area contributed by atoms with Gasteiger partial charge in [0.05, 0.1) is 12.0 Å². The average molecular weight is 287 g/mol. The van der Waals surface area contributed by atoms with Crippen molar-refractivity contribution >= 4 is 11.8 Å². The quantitative estimate of drug-likeness (QED) is 0.844. The van der Waals surface area contributed by atoms with Gasteiger partial charge < -0.3 is 10.1 Å². The second kappa shape index (κ2) is 7.36. The van der Waals surface area contributed by atoms with Gasteiger partial charge >= 0.3 is 0 Å². The maximum absolute atomic E-state index is 5.43. The molecule has 1 N–H and O–H groups in total. The number of rotatable bonds is 6. The van der Waals surface area contributed by atoms with Gasteiger partial charge in [0, 0.05) is 10.9 Å². The minimum Gasteiger partial charge on any atom is -0.496 e. The van der Waals surface area contributed by atoms with Gasteiger partial charge in [-0.05, 0) is 37.2 Å². The predicted molar refractivity (Wildman–Crippen MR) is 85.7 cm³/mol. The van der Waals surface area contributed by atoms with Crippen LogP contribution in [0.25, 0.3) is 0 Å². The molecule has 0 amide bonds. The molecular weight excluding hydrogens is 266 g/mol. The summed E-state index contributed by atoms with van der Waals surface area (Å²) in [6.45, 7) is 5.30. The van der Waals surface area contributed by atoms with Crippen molar-refractivity contribution in [2.24, 2.45) is 0 Å². The summed E-state index contributed by atoms with van der Waals surface area (Å²) in [4.78, 5) is 2.41. The second-order valence-electron chi connectivity index (χ2n) is 4.57. The third-order valence-electron chi connectivity index (χ3n) is 3.18. The van der Waals surface area contributed by atoms with Crippen LogP contribution in [0.1, 0.15) is 25.5 Å². The number of para-hydroxylation sites is 1. The van der Waals surface area contributed by atoms with Crippen molar-refractivity contribution in [3.05, 3.63) is 54.1 Å². The Morgan fingerprint density at radius 2 is 1.70 bits per heavy atom. The van der Waals surface area contributed by atoms with E-state index < -0.39 is 0 Å². The molecule has 1 atom stereocenters. The summed E-state index contributed by atoms with van der Waals surface area (Å²) >= 11 is 1.75. The monoisotopic (exact) mass is 287 g/mol. The molecule has 20 heavy (non-hydrogen) atoms. The maximum Gasteiger partial charge on any atom is 0.132 e. The summed E-state index contributed by atoms with van der Waals surface area (Å²) in [5.41, 5.74) is 1.32. The second-order valence-corrected chi connectivity index (χ2v) is 5.65. The van der Waals surface area contributed by atoms with E-state index in [-0.39, 0.29) is 0 Å². The summed E-state index contributed by atoms with van der Waals surface area (Å²) < 4.78 is 5.43. The summed E-state index contributed by atoms with van der Waals surface area (Å²) in [5.74, 6) is 0.920. The SMILES string of the molecule is CCNC(C)c1ccccc1Sc1ccccc1OC. The lowest BCUT2D eigenvalue weighted by Gasteiger charge is -2.17. The first-order valence-corrected chi connectivity index (χ1v) is 7.71. The fourth-order valence-corrected chi connectivity index (χ4v) is 3.31. The van der Waals surface area contributed by atoms with E-state index >= 15 is 0 Å². The van der Waals surface area contributed by atoms with Crippen LogP contribution in [-0.4, -0.2) is 13.7 Å². The van der Waals surface area contributed by atoms with Crippen molar-refractivity contribution in [2.45, 2.75) is 29.7 Å². The van der Waals surface area contributed by atoms with Crippen LogP contribution < -0.4 is 10.1 Å². The largest absolute Gasteiger partial charge is 0.496 e. The lowest BCUT2D eigenvalue weighted by molar-refractivity contribution is 0.405. The van der Waals surface area contributed by atoms with Crippen LogP contribution in [0.3, 0.4) is 0 Å². The van der Waals surface area contributed by atoms with E-state index in [9.17, 15) is 0 Å². The Bertz CT molecular complexity index is 556. The van der Waals surface area contributed by atoms with Crippen molar-refractivity contribution in [3.8, 4) is 5.75 Å². The van der Waals surface area contributed by atoms with E-state index in [1.54, 1.807) is 18.9 Å². The minimum absolute atomic E-state index is 0.346. The Morgan fingerprint density at radius 1 is 1.05 bits per heavy atom. The molecule has 0 aliphatic carbocycles. The molecule has 3 heteroatoms. The van der Waals surface area contributed by atoms with Crippen LogP contribution in [0.15, 0.2) is 58.3 Å². The third-order valence-corrected chi connectivity index (χ3v) is 4.33. The normalized spacial score (nSPS) is 12.2. The first-order valence-electron chi connectivity index (χ1n) is 6.89. The molecule has 0 aliphatic rings. The number of nitrogens with one attached hydrogen (secondary N) is 1. The molecule has 0 heterocycles. The summed E-state index contributed by atoms with van der Waals surface area (Å²) in [5, 5.41) is 3.47. The first kappa shape index (κ1) is 14.9. The number of methoxy groups -OCH3 is 1. The highest BCUT2D eigenvalue weighted by Crippen LogP contribution is 2.37. The number of hydrogen-bond acceptors (Lipinski definition) is 3. The van der Waals surface area contributed by atoms with Crippen molar-refractivity contribution in [3.63, 3.8) is 0 Å². The van der Waals surface area contributed by atoms with Crippen LogP contribution >= 0.6 is 11.8 Å². The molecule has 0 bridgehead atoms. The molecule has 0 fully saturated rings. The summed E-state index contributed by atoms with van der Waals surface area (Å²) in [6.07, 6.45) is 0. The van der Waals surface area contributed by atoms with Crippen LogP contribution in [0, 0.1) is 0 Å². The smallest absolute Gasteiger partial charge is 0.132 e. The zero-order chi connectivity index (χ0) is 14.4. The van der Waals surface area contributed by atoms with Gasteiger partial charge in [-0.15, -0.1) is 0 Å². The van der Waals surface area contributed by atoms with E-state index in [2.05, 4.69) is 49.5 Å². The zero-order valence-electron chi connectivity index (χ0n) is 12.2. The molecule has 1 unspecified atom stereocenters. The van der Waals surface area contributed by atoms with Crippen molar-refractivity contribution in [2.75, 3.05) is 13.7 Å². The van der Waals surface area contributed by atoms with E-state index in [1.165, 1.54) is 10.5 Å². The van der Waals surface area contributed by atoms with Crippen LogP contribution in [0.5, 0.6) is 5.75 Å². The predicted octanol–water partition coefficient (Wildman–Crippen LogP) is 4.52. The minimum atomic E-state index is 0.346. The van der Waals surface area contributed by atoms with Crippen LogP contribution in [0.4, 0.5) is 0 Å². The molecule has 0 spiro atoms. The van der Waals surface area contributed by atoms with E-state index in [0.29, 0.717) is 6.04 Å². The number of ether oxygens (including phenoxy) is 1. The number of hydrogen-bond donors (Lipinski definition) is 1. The Morgan fingerprint density at radius 3 is 2.40 bits per heavy atom.